The minimum absolute atomic E-state index is 0.334. The van der Waals surface area contributed by atoms with Gasteiger partial charge >= 0.3 is 18.3 Å². The van der Waals surface area contributed by atoms with E-state index >= 15 is 4.39 Å². The average molecular weight is 566 g/mol. The topological polar surface area (TPSA) is 141 Å². The predicted octanol–water partition coefficient (Wildman–Crippen LogP) is 1.95. The second kappa shape index (κ2) is 11.5. The first-order valence-electron chi connectivity index (χ1n) is 10.8. The standard InChI is InChI=1S/C21H26ClFN3O8PS/c1-12(2)32-18(29)13(3)25-35(36,34-14-7-5-4-6-8-14)31-11-15-17(28)21(22,23)19(33-15)26-10-9-16(27)24-20(26)30/h4-10,12-13,15,17,19,28H,11H2,1-3H3,(H,25,36)(H,24,27,30)/t13-,15+,17+,19+,21-,35-/m0/s1. The molecule has 1 aliphatic rings. The molecule has 2 aromatic rings. The summed E-state index contributed by atoms with van der Waals surface area (Å²) in [6.45, 7) is 0.859. The number of para-hydroxylation sites is 1. The van der Waals surface area contributed by atoms with Crippen LogP contribution in [-0.4, -0.2) is 56.7 Å². The number of aromatic nitrogens is 2. The van der Waals surface area contributed by atoms with E-state index in [1.165, 1.54) is 6.92 Å². The Hall–Kier alpha value is -2.12. The van der Waals surface area contributed by atoms with Gasteiger partial charge in [-0.1, -0.05) is 29.8 Å². The van der Waals surface area contributed by atoms with Crippen molar-refractivity contribution in [3.8, 4) is 5.75 Å². The van der Waals surface area contributed by atoms with Gasteiger partial charge in [-0.25, -0.2) is 14.3 Å². The smallest absolute Gasteiger partial charge is 0.330 e. The van der Waals surface area contributed by atoms with Crippen LogP contribution >= 0.6 is 18.2 Å². The third-order valence-corrected chi connectivity index (χ3v) is 7.83. The van der Waals surface area contributed by atoms with Gasteiger partial charge in [-0.15, -0.1) is 0 Å². The van der Waals surface area contributed by atoms with Crippen molar-refractivity contribution in [3.63, 3.8) is 0 Å². The number of hydrogen-bond donors (Lipinski definition) is 3. The number of carbonyl (C=O) groups is 1. The van der Waals surface area contributed by atoms with Crippen LogP contribution in [-0.2, 0) is 30.6 Å². The molecular weight excluding hydrogens is 540 g/mol. The fraction of sp³-hybridized carbons (Fsp3) is 0.476. The van der Waals surface area contributed by atoms with Gasteiger partial charge in [0.25, 0.3) is 10.7 Å². The fourth-order valence-corrected chi connectivity index (χ4v) is 5.94. The molecule has 0 radical (unpaired) electrons. The van der Waals surface area contributed by atoms with E-state index in [1.54, 1.807) is 44.2 Å². The monoisotopic (exact) mass is 565 g/mol. The number of H-pyrrole nitrogens is 1. The normalized spacial score (nSPS) is 26.4. The van der Waals surface area contributed by atoms with Gasteiger partial charge < -0.3 is 23.6 Å². The van der Waals surface area contributed by atoms with Crippen molar-refractivity contribution >= 4 is 36.0 Å². The number of carbonyl (C=O) groups excluding carboxylic acids is 1. The summed E-state index contributed by atoms with van der Waals surface area (Å²) in [4.78, 5) is 37.7. The Kier molecular flexibility index (Phi) is 9.10. The van der Waals surface area contributed by atoms with Crippen molar-refractivity contribution < 1.29 is 32.8 Å². The molecule has 15 heteroatoms. The maximum absolute atomic E-state index is 15.2. The molecule has 11 nitrogen and oxygen atoms in total. The lowest BCUT2D eigenvalue weighted by Gasteiger charge is -2.28. The Balaban J connectivity index is 1.80. The number of benzene rings is 1. The lowest BCUT2D eigenvalue weighted by Crippen LogP contribution is -2.42. The van der Waals surface area contributed by atoms with Gasteiger partial charge in [0, 0.05) is 12.3 Å². The Morgan fingerprint density at radius 1 is 1.33 bits per heavy atom. The number of aliphatic hydroxyl groups excluding tert-OH is 1. The third kappa shape index (κ3) is 6.80. The summed E-state index contributed by atoms with van der Waals surface area (Å²) in [6, 6.07) is 8.44. The van der Waals surface area contributed by atoms with Gasteiger partial charge in [-0.05, 0) is 44.7 Å². The molecule has 1 fully saturated rings. The van der Waals surface area contributed by atoms with Crippen LogP contribution in [0.25, 0.3) is 0 Å². The number of alkyl halides is 2. The summed E-state index contributed by atoms with van der Waals surface area (Å²) in [6.07, 6.45) is -4.50. The van der Waals surface area contributed by atoms with Gasteiger partial charge in [0.2, 0.25) is 0 Å². The SMILES string of the molecule is CC(C)OC(=O)[C@H](C)N[P@](=S)(OC[C@H]1O[C@@H](n2ccc(=O)[nH]c2=O)[C@](F)(Cl)[C@@H]1O)Oc1ccccc1. The minimum Gasteiger partial charge on any atom is -0.462 e. The maximum atomic E-state index is 15.2. The lowest BCUT2D eigenvalue weighted by atomic mass is 10.1. The number of aliphatic hydroxyl groups is 1. The molecule has 0 spiro atoms. The highest BCUT2D eigenvalue weighted by Crippen LogP contribution is 2.48. The second-order valence-electron chi connectivity index (χ2n) is 8.20. The molecule has 36 heavy (non-hydrogen) atoms. The summed E-state index contributed by atoms with van der Waals surface area (Å²) in [7, 11) is 0. The number of halogens is 2. The van der Waals surface area contributed by atoms with Crippen LogP contribution < -0.4 is 20.9 Å². The van der Waals surface area contributed by atoms with E-state index in [2.05, 4.69) is 5.09 Å². The largest absolute Gasteiger partial charge is 0.462 e. The highest BCUT2D eigenvalue weighted by Gasteiger charge is 2.58. The van der Waals surface area contributed by atoms with Gasteiger partial charge in [0.05, 0.1) is 12.7 Å². The zero-order valence-electron chi connectivity index (χ0n) is 19.5. The predicted molar refractivity (Wildman–Crippen MR) is 132 cm³/mol. The summed E-state index contributed by atoms with van der Waals surface area (Å²) in [5, 5.41) is 10.4. The number of nitrogens with one attached hydrogen (secondary N) is 2. The minimum atomic E-state index is -3.51. The summed E-state index contributed by atoms with van der Waals surface area (Å²) in [5.74, 6) is -0.266. The lowest BCUT2D eigenvalue weighted by molar-refractivity contribution is -0.149. The number of esters is 1. The molecule has 1 saturated heterocycles. The summed E-state index contributed by atoms with van der Waals surface area (Å²) in [5.41, 5.74) is -1.69. The Morgan fingerprint density at radius 3 is 2.61 bits per heavy atom. The number of ether oxygens (including phenoxy) is 2. The highest BCUT2D eigenvalue weighted by molar-refractivity contribution is 8.09. The van der Waals surface area contributed by atoms with Crippen LogP contribution in [0.1, 0.15) is 27.0 Å². The van der Waals surface area contributed by atoms with E-state index in [9.17, 15) is 19.5 Å². The zero-order chi connectivity index (χ0) is 26.7. The Bertz CT molecular complexity index is 1230. The van der Waals surface area contributed by atoms with E-state index in [0.717, 1.165) is 12.3 Å². The van der Waals surface area contributed by atoms with Crippen molar-refractivity contribution in [3.05, 3.63) is 63.4 Å². The van der Waals surface area contributed by atoms with Crippen LogP contribution in [0, 0.1) is 0 Å². The Labute approximate surface area is 215 Å². The Morgan fingerprint density at radius 2 is 2.00 bits per heavy atom. The van der Waals surface area contributed by atoms with Crippen molar-refractivity contribution in [1.29, 1.82) is 0 Å². The van der Waals surface area contributed by atoms with E-state index in [4.69, 9.17) is 41.9 Å². The van der Waals surface area contributed by atoms with Gasteiger partial charge in [-0.3, -0.25) is 19.1 Å². The first kappa shape index (κ1) is 28.5. The first-order chi connectivity index (χ1) is 16.8. The molecule has 6 atom stereocenters. The first-order valence-corrected chi connectivity index (χ1v) is 13.8. The molecule has 0 unspecified atom stereocenters. The zero-order valence-corrected chi connectivity index (χ0v) is 22.0. The molecule has 0 saturated carbocycles. The van der Waals surface area contributed by atoms with Crippen LogP contribution in [0.2, 0.25) is 0 Å². The van der Waals surface area contributed by atoms with E-state index in [-0.39, 0.29) is 6.10 Å². The quantitative estimate of drug-likeness (QED) is 0.222. The van der Waals surface area contributed by atoms with Crippen LogP contribution in [0.4, 0.5) is 4.39 Å². The third-order valence-electron chi connectivity index (χ3n) is 4.92. The molecule has 3 rings (SSSR count). The molecule has 198 valence electrons. The van der Waals surface area contributed by atoms with E-state index < -0.39 is 60.1 Å². The van der Waals surface area contributed by atoms with Gasteiger partial charge in [0.1, 0.15) is 24.0 Å². The van der Waals surface area contributed by atoms with Crippen LogP contribution in [0.15, 0.2) is 52.2 Å². The molecule has 3 N–H and O–H groups in total. The highest BCUT2D eigenvalue weighted by atomic mass is 35.5. The summed E-state index contributed by atoms with van der Waals surface area (Å²) < 4.78 is 38.3. The average Bonchev–Trinajstić information content (AvgIpc) is 3.01. The molecule has 1 aromatic heterocycles. The molecule has 1 aliphatic heterocycles. The molecule has 2 heterocycles. The van der Waals surface area contributed by atoms with Crippen LogP contribution in [0.3, 0.4) is 0 Å². The molecule has 0 amide bonds. The molecule has 0 aliphatic carbocycles. The van der Waals surface area contributed by atoms with Crippen molar-refractivity contribution in [2.75, 3.05) is 6.61 Å². The second-order valence-corrected chi connectivity index (χ2v) is 11.9. The number of nitrogens with zero attached hydrogens (tertiary/aromatic N) is 1. The van der Waals surface area contributed by atoms with E-state index in [0.29, 0.717) is 10.3 Å². The molecular formula is C21H26ClFN3O8PS. The number of hydrogen-bond acceptors (Lipinski definition) is 9. The molecule has 1 aromatic carbocycles. The van der Waals surface area contributed by atoms with Crippen molar-refractivity contribution in [1.82, 2.24) is 14.6 Å². The van der Waals surface area contributed by atoms with Gasteiger partial charge in [-0.2, -0.15) is 0 Å². The fourth-order valence-electron chi connectivity index (χ4n) is 3.22. The van der Waals surface area contributed by atoms with Gasteiger partial charge in [0.15, 0.2) is 6.23 Å². The number of aromatic amines is 1. The number of rotatable bonds is 10. The van der Waals surface area contributed by atoms with Crippen molar-refractivity contribution in [2.24, 2.45) is 0 Å². The molecule has 0 bridgehead atoms. The van der Waals surface area contributed by atoms with E-state index in [1.807, 2.05) is 4.98 Å². The maximum Gasteiger partial charge on any atom is 0.330 e. The van der Waals surface area contributed by atoms with Crippen molar-refractivity contribution in [2.45, 2.75) is 56.5 Å². The summed E-state index contributed by atoms with van der Waals surface area (Å²) >= 11 is 11.5. The van der Waals surface area contributed by atoms with Crippen LogP contribution in [0.5, 0.6) is 5.75 Å².